The second kappa shape index (κ2) is 7.14. The highest BCUT2D eigenvalue weighted by Gasteiger charge is 2.30. The minimum atomic E-state index is -1.45. The fraction of sp³-hybridized carbons (Fsp3) is 0.312. The molecule has 1 aromatic carbocycles. The van der Waals surface area contributed by atoms with E-state index in [4.69, 9.17) is 9.15 Å². The number of nitro benzene ring substituents is 1. The molecule has 0 spiro atoms. The molecule has 0 aliphatic carbocycles. The zero-order valence-electron chi connectivity index (χ0n) is 13.3. The summed E-state index contributed by atoms with van der Waals surface area (Å²) in [6, 6.07) is 7.33. The van der Waals surface area contributed by atoms with E-state index in [-0.39, 0.29) is 35.9 Å². The van der Waals surface area contributed by atoms with Gasteiger partial charge in [-0.1, -0.05) is 6.07 Å². The molecule has 0 saturated carbocycles. The smallest absolute Gasteiger partial charge is 0.285 e. The van der Waals surface area contributed by atoms with Gasteiger partial charge in [-0.15, -0.1) is 0 Å². The number of hydrogen-bond acceptors (Lipinski definition) is 6. The van der Waals surface area contributed by atoms with E-state index in [9.17, 15) is 20.0 Å². The first-order valence-electron chi connectivity index (χ1n) is 7.31. The molecule has 1 amide bonds. The average Bonchev–Trinajstić information content (AvgIpc) is 3.08. The molecule has 0 aliphatic heterocycles. The highest BCUT2D eigenvalue weighted by molar-refractivity contribution is 6.00. The summed E-state index contributed by atoms with van der Waals surface area (Å²) in [5.41, 5.74) is -2.00. The lowest BCUT2D eigenvalue weighted by molar-refractivity contribution is -0.385. The predicted molar refractivity (Wildman–Crippen MR) is 84.9 cm³/mol. The van der Waals surface area contributed by atoms with Crippen LogP contribution < -0.4 is 10.1 Å². The van der Waals surface area contributed by atoms with Crippen LogP contribution in [0, 0.1) is 10.1 Å². The molecule has 2 N–H and O–H groups in total. The molecule has 1 atom stereocenters. The van der Waals surface area contributed by atoms with Crippen molar-refractivity contribution in [3.63, 3.8) is 0 Å². The Morgan fingerprint density at radius 2 is 2.17 bits per heavy atom. The molecule has 0 bridgehead atoms. The van der Waals surface area contributed by atoms with Gasteiger partial charge in [0.05, 0.1) is 24.3 Å². The normalized spacial score (nSPS) is 13.1. The van der Waals surface area contributed by atoms with Crippen LogP contribution in [-0.2, 0) is 5.60 Å². The van der Waals surface area contributed by atoms with Crippen LogP contribution in [0.15, 0.2) is 41.0 Å². The van der Waals surface area contributed by atoms with Crippen LogP contribution in [0.3, 0.4) is 0 Å². The number of nitrogens with zero attached hydrogens (tertiary/aromatic N) is 1. The summed E-state index contributed by atoms with van der Waals surface area (Å²) in [7, 11) is 0. The van der Waals surface area contributed by atoms with Gasteiger partial charge in [0.25, 0.3) is 11.6 Å². The minimum Gasteiger partial charge on any atom is -0.493 e. The van der Waals surface area contributed by atoms with Crippen molar-refractivity contribution in [2.24, 2.45) is 0 Å². The van der Waals surface area contributed by atoms with Crippen molar-refractivity contribution in [2.45, 2.75) is 19.4 Å². The molecule has 2 rings (SSSR count). The fourth-order valence-electron chi connectivity index (χ4n) is 2.19. The maximum absolute atomic E-state index is 12.4. The molecular weight excluding hydrogens is 316 g/mol. The lowest BCUT2D eigenvalue weighted by Crippen LogP contribution is -2.38. The number of carbonyl (C=O) groups excluding carboxylic acids is 1. The molecule has 8 nitrogen and oxygen atoms in total. The summed E-state index contributed by atoms with van der Waals surface area (Å²) in [5.74, 6) is -0.324. The maximum Gasteiger partial charge on any atom is 0.285 e. The van der Waals surface area contributed by atoms with Crippen LogP contribution in [0.25, 0.3) is 0 Å². The van der Waals surface area contributed by atoms with Crippen molar-refractivity contribution < 1.29 is 24.0 Å². The molecule has 1 unspecified atom stereocenters. The van der Waals surface area contributed by atoms with Crippen LogP contribution >= 0.6 is 0 Å². The maximum atomic E-state index is 12.4. The number of ether oxygens (including phenoxy) is 1. The van der Waals surface area contributed by atoms with Gasteiger partial charge in [0, 0.05) is 6.07 Å². The standard InChI is InChI=1S/C16H18N2O6/c1-3-23-12-7-4-6-11(18(21)22)14(12)15(19)17-10-16(2,20)13-8-5-9-24-13/h4-9,20H,3,10H2,1-2H3,(H,17,19). The van der Waals surface area contributed by atoms with Gasteiger partial charge < -0.3 is 19.6 Å². The first kappa shape index (κ1) is 17.5. The van der Waals surface area contributed by atoms with Gasteiger partial charge in [-0.2, -0.15) is 0 Å². The second-order valence-corrected chi connectivity index (χ2v) is 5.27. The number of carbonyl (C=O) groups is 1. The highest BCUT2D eigenvalue weighted by Crippen LogP contribution is 2.29. The first-order valence-corrected chi connectivity index (χ1v) is 7.31. The monoisotopic (exact) mass is 334 g/mol. The van der Waals surface area contributed by atoms with Crippen molar-refractivity contribution in [1.82, 2.24) is 5.32 Å². The third-order valence-corrected chi connectivity index (χ3v) is 3.37. The largest absolute Gasteiger partial charge is 0.493 e. The van der Waals surface area contributed by atoms with E-state index in [1.807, 2.05) is 0 Å². The van der Waals surface area contributed by atoms with Crippen molar-refractivity contribution in [3.05, 3.63) is 58.0 Å². The van der Waals surface area contributed by atoms with Gasteiger partial charge in [0.1, 0.15) is 17.1 Å². The SMILES string of the molecule is CCOc1cccc([N+](=O)[O-])c1C(=O)NCC(C)(O)c1ccco1. The second-order valence-electron chi connectivity index (χ2n) is 5.27. The van der Waals surface area contributed by atoms with Crippen LogP contribution in [-0.4, -0.2) is 29.1 Å². The molecule has 24 heavy (non-hydrogen) atoms. The van der Waals surface area contributed by atoms with E-state index in [1.54, 1.807) is 19.1 Å². The van der Waals surface area contributed by atoms with Crippen molar-refractivity contribution in [2.75, 3.05) is 13.2 Å². The number of benzene rings is 1. The van der Waals surface area contributed by atoms with Crippen LogP contribution in [0.2, 0.25) is 0 Å². The number of nitrogens with one attached hydrogen (secondary N) is 1. The third kappa shape index (κ3) is 3.72. The van der Waals surface area contributed by atoms with E-state index in [1.165, 1.54) is 31.4 Å². The Hall–Kier alpha value is -2.87. The molecule has 0 aliphatic rings. The Balaban J connectivity index is 2.24. The molecule has 0 radical (unpaired) electrons. The number of amides is 1. The molecular formula is C16H18N2O6. The summed E-state index contributed by atoms with van der Waals surface area (Å²) in [6.45, 7) is 3.25. The van der Waals surface area contributed by atoms with Gasteiger partial charge in [0.15, 0.2) is 5.56 Å². The van der Waals surface area contributed by atoms with Gasteiger partial charge in [-0.05, 0) is 32.0 Å². The van der Waals surface area contributed by atoms with E-state index >= 15 is 0 Å². The van der Waals surface area contributed by atoms with Crippen LogP contribution in [0.5, 0.6) is 5.75 Å². The zero-order valence-corrected chi connectivity index (χ0v) is 13.3. The minimum absolute atomic E-state index is 0.113. The number of hydrogen-bond donors (Lipinski definition) is 2. The van der Waals surface area contributed by atoms with Crippen molar-refractivity contribution in [1.29, 1.82) is 0 Å². The van der Waals surface area contributed by atoms with E-state index in [0.717, 1.165) is 0 Å². The molecule has 1 heterocycles. The summed E-state index contributed by atoms with van der Waals surface area (Å²) >= 11 is 0. The number of rotatable bonds is 7. The van der Waals surface area contributed by atoms with Crippen LogP contribution in [0.1, 0.15) is 30.0 Å². The Morgan fingerprint density at radius 3 is 2.75 bits per heavy atom. The Labute approximate surface area is 138 Å². The Kier molecular flexibility index (Phi) is 5.20. The number of nitro groups is 1. The fourth-order valence-corrected chi connectivity index (χ4v) is 2.19. The zero-order chi connectivity index (χ0) is 17.7. The first-order chi connectivity index (χ1) is 11.4. The van der Waals surface area contributed by atoms with E-state index in [2.05, 4.69) is 5.32 Å². The van der Waals surface area contributed by atoms with Gasteiger partial charge in [-0.3, -0.25) is 14.9 Å². The highest BCUT2D eigenvalue weighted by atomic mass is 16.6. The molecule has 128 valence electrons. The summed E-state index contributed by atoms with van der Waals surface area (Å²) < 4.78 is 10.4. The molecule has 2 aromatic rings. The molecule has 8 heteroatoms. The lowest BCUT2D eigenvalue weighted by Gasteiger charge is -2.21. The lowest BCUT2D eigenvalue weighted by atomic mass is 10.0. The Morgan fingerprint density at radius 1 is 1.42 bits per heavy atom. The van der Waals surface area contributed by atoms with Crippen molar-refractivity contribution in [3.8, 4) is 5.75 Å². The molecule has 1 aromatic heterocycles. The quantitative estimate of drug-likeness (QED) is 0.592. The summed E-state index contributed by atoms with van der Waals surface area (Å²) in [6.07, 6.45) is 1.40. The van der Waals surface area contributed by atoms with E-state index in [0.29, 0.717) is 0 Å². The predicted octanol–water partition coefficient (Wildman–Crippen LogP) is 2.22. The molecule has 0 fully saturated rings. The van der Waals surface area contributed by atoms with Gasteiger partial charge >= 0.3 is 0 Å². The summed E-state index contributed by atoms with van der Waals surface area (Å²) in [5, 5.41) is 24.0. The van der Waals surface area contributed by atoms with Gasteiger partial charge in [-0.25, -0.2) is 0 Å². The van der Waals surface area contributed by atoms with Gasteiger partial charge in [0.2, 0.25) is 0 Å². The third-order valence-electron chi connectivity index (χ3n) is 3.37. The van der Waals surface area contributed by atoms with Crippen LogP contribution in [0.4, 0.5) is 5.69 Å². The van der Waals surface area contributed by atoms with E-state index < -0.39 is 16.4 Å². The summed E-state index contributed by atoms with van der Waals surface area (Å²) in [4.78, 5) is 23.0. The van der Waals surface area contributed by atoms with Crippen molar-refractivity contribution >= 4 is 11.6 Å². The topological polar surface area (TPSA) is 115 Å². The Bertz CT molecular complexity index is 724. The average molecular weight is 334 g/mol. The number of furan rings is 1. The molecule has 0 saturated heterocycles. The number of aliphatic hydroxyl groups is 1.